The Bertz CT molecular complexity index is 1150. The van der Waals surface area contributed by atoms with Crippen molar-refractivity contribution in [2.75, 3.05) is 16.2 Å². The van der Waals surface area contributed by atoms with E-state index in [-0.39, 0.29) is 20.6 Å². The maximum atomic E-state index is 13.4. The first-order chi connectivity index (χ1) is 14.1. The lowest BCUT2D eigenvalue weighted by atomic mass is 10.2. The van der Waals surface area contributed by atoms with Crippen molar-refractivity contribution in [3.8, 4) is 0 Å². The number of nitrogens with one attached hydrogen (secondary N) is 1. The lowest BCUT2D eigenvalue weighted by molar-refractivity contribution is -0.114. The van der Waals surface area contributed by atoms with Crippen LogP contribution in [0.15, 0.2) is 71.6 Å². The minimum absolute atomic E-state index is 0.0614. The van der Waals surface area contributed by atoms with Gasteiger partial charge in [0, 0.05) is 19.3 Å². The zero-order valence-corrected chi connectivity index (χ0v) is 20.3. The second-order valence-corrected chi connectivity index (χ2v) is 10.5. The molecule has 156 valence electrons. The summed E-state index contributed by atoms with van der Waals surface area (Å²) >= 11 is 14.3. The summed E-state index contributed by atoms with van der Waals surface area (Å²) in [6, 6.07) is 18.0. The van der Waals surface area contributed by atoms with Crippen molar-refractivity contribution < 1.29 is 13.2 Å². The summed E-state index contributed by atoms with van der Waals surface area (Å²) in [6.07, 6.45) is 0. The minimum atomic E-state index is -4.04. The monoisotopic (exact) mass is 574 g/mol. The zero-order valence-electron chi connectivity index (χ0n) is 15.8. The summed E-state index contributed by atoms with van der Waals surface area (Å²) in [7, 11) is -4.04. The van der Waals surface area contributed by atoms with Crippen LogP contribution in [0.2, 0.25) is 10.0 Å². The molecule has 3 aromatic rings. The standard InChI is InChI=1S/C21H17Cl2IN2O3S/c1-14-2-8-20(9-3-14)30(28,29)26(19-11-15(22)10-16(23)12-19)13-21(27)25-18-6-4-17(24)5-7-18/h2-12H,13H2,1H3,(H,25,27). The number of aryl methyl sites for hydroxylation is 1. The number of sulfonamides is 1. The Morgan fingerprint density at radius 2 is 1.53 bits per heavy atom. The van der Waals surface area contributed by atoms with Gasteiger partial charge in [0.1, 0.15) is 6.54 Å². The first-order valence-corrected chi connectivity index (χ1v) is 12.0. The van der Waals surface area contributed by atoms with Crippen molar-refractivity contribution in [1.82, 2.24) is 0 Å². The van der Waals surface area contributed by atoms with Crippen molar-refractivity contribution in [3.63, 3.8) is 0 Å². The summed E-state index contributed by atoms with van der Waals surface area (Å²) in [5.74, 6) is -0.497. The molecule has 0 atom stereocenters. The highest BCUT2D eigenvalue weighted by Gasteiger charge is 2.28. The van der Waals surface area contributed by atoms with Gasteiger partial charge in [0.25, 0.3) is 10.0 Å². The maximum absolute atomic E-state index is 13.4. The van der Waals surface area contributed by atoms with Crippen LogP contribution in [0.3, 0.4) is 0 Å². The number of rotatable bonds is 6. The highest BCUT2D eigenvalue weighted by Crippen LogP contribution is 2.30. The quantitative estimate of drug-likeness (QED) is 0.382. The first-order valence-electron chi connectivity index (χ1n) is 8.76. The second kappa shape index (κ2) is 9.55. The number of anilines is 2. The van der Waals surface area contributed by atoms with Crippen LogP contribution in [0.1, 0.15) is 5.56 Å². The van der Waals surface area contributed by atoms with E-state index in [1.807, 2.05) is 19.1 Å². The summed E-state index contributed by atoms with van der Waals surface area (Å²) < 4.78 is 28.7. The van der Waals surface area contributed by atoms with Gasteiger partial charge in [-0.3, -0.25) is 9.10 Å². The zero-order chi connectivity index (χ0) is 21.9. The Morgan fingerprint density at radius 3 is 2.10 bits per heavy atom. The predicted octanol–water partition coefficient (Wildman–Crippen LogP) is 5.74. The fraction of sp³-hybridized carbons (Fsp3) is 0.0952. The predicted molar refractivity (Wildman–Crippen MR) is 130 cm³/mol. The van der Waals surface area contributed by atoms with E-state index >= 15 is 0 Å². The van der Waals surface area contributed by atoms with Gasteiger partial charge in [0.2, 0.25) is 5.91 Å². The lowest BCUT2D eigenvalue weighted by Crippen LogP contribution is -2.38. The summed E-state index contributed by atoms with van der Waals surface area (Å²) in [4.78, 5) is 12.8. The Balaban J connectivity index is 1.97. The molecule has 9 heteroatoms. The SMILES string of the molecule is Cc1ccc(S(=O)(=O)N(CC(=O)Nc2ccc(I)cc2)c2cc(Cl)cc(Cl)c2)cc1. The molecule has 0 spiro atoms. The molecule has 5 nitrogen and oxygen atoms in total. The van der Waals surface area contributed by atoms with Crippen LogP contribution in [0.5, 0.6) is 0 Å². The molecular weight excluding hydrogens is 558 g/mol. The van der Waals surface area contributed by atoms with E-state index in [0.29, 0.717) is 5.69 Å². The van der Waals surface area contributed by atoms with Gasteiger partial charge < -0.3 is 5.32 Å². The molecule has 3 aromatic carbocycles. The molecule has 1 amide bonds. The normalized spacial score (nSPS) is 11.2. The van der Waals surface area contributed by atoms with E-state index in [0.717, 1.165) is 13.4 Å². The first kappa shape index (κ1) is 22.9. The van der Waals surface area contributed by atoms with Gasteiger partial charge in [0.15, 0.2) is 0 Å². The minimum Gasteiger partial charge on any atom is -0.325 e. The molecule has 0 heterocycles. The third-order valence-corrected chi connectivity index (χ3v) is 7.10. The third-order valence-electron chi connectivity index (χ3n) is 4.16. The maximum Gasteiger partial charge on any atom is 0.264 e. The number of halogens is 3. The molecule has 0 saturated heterocycles. The van der Waals surface area contributed by atoms with Crippen LogP contribution in [0.4, 0.5) is 11.4 Å². The number of benzene rings is 3. The van der Waals surface area contributed by atoms with Crippen molar-refractivity contribution >= 4 is 73.1 Å². The second-order valence-electron chi connectivity index (χ2n) is 6.51. The Hall–Kier alpha value is -1.81. The van der Waals surface area contributed by atoms with Crippen LogP contribution >= 0.6 is 45.8 Å². The van der Waals surface area contributed by atoms with Gasteiger partial charge in [-0.1, -0.05) is 40.9 Å². The van der Waals surface area contributed by atoms with E-state index in [4.69, 9.17) is 23.2 Å². The Morgan fingerprint density at radius 1 is 0.967 bits per heavy atom. The Labute approximate surface area is 199 Å². The molecular formula is C21H17Cl2IN2O3S. The van der Waals surface area contributed by atoms with Crippen molar-refractivity contribution in [2.45, 2.75) is 11.8 Å². The van der Waals surface area contributed by atoms with Crippen LogP contribution in [-0.2, 0) is 14.8 Å². The number of carbonyl (C=O) groups excluding carboxylic acids is 1. The fourth-order valence-electron chi connectivity index (χ4n) is 2.70. The van der Waals surface area contributed by atoms with E-state index in [1.165, 1.54) is 30.3 Å². The van der Waals surface area contributed by atoms with Crippen LogP contribution in [0.25, 0.3) is 0 Å². The molecule has 0 radical (unpaired) electrons. The third kappa shape index (κ3) is 5.66. The van der Waals surface area contributed by atoms with E-state index in [1.54, 1.807) is 24.3 Å². The molecule has 0 unspecified atom stereocenters. The van der Waals surface area contributed by atoms with Gasteiger partial charge in [-0.15, -0.1) is 0 Å². The molecule has 1 N–H and O–H groups in total. The number of amides is 1. The average Bonchev–Trinajstić information content (AvgIpc) is 2.67. The summed E-state index contributed by atoms with van der Waals surface area (Å²) in [6.45, 7) is 1.41. The molecule has 3 rings (SSSR count). The van der Waals surface area contributed by atoms with Crippen molar-refractivity contribution in [1.29, 1.82) is 0 Å². The average molecular weight is 575 g/mol. The largest absolute Gasteiger partial charge is 0.325 e. The van der Waals surface area contributed by atoms with Crippen LogP contribution < -0.4 is 9.62 Å². The van der Waals surface area contributed by atoms with Crippen LogP contribution in [-0.4, -0.2) is 20.9 Å². The molecule has 0 aromatic heterocycles. The van der Waals surface area contributed by atoms with E-state index in [2.05, 4.69) is 27.9 Å². The molecule has 0 fully saturated rings. The van der Waals surface area contributed by atoms with Crippen molar-refractivity contribution in [2.24, 2.45) is 0 Å². The van der Waals surface area contributed by atoms with Gasteiger partial charge in [-0.25, -0.2) is 8.42 Å². The molecule has 0 aliphatic heterocycles. The summed E-state index contributed by atoms with van der Waals surface area (Å²) in [5.41, 5.74) is 1.69. The van der Waals surface area contributed by atoms with Gasteiger partial charge in [-0.05, 0) is 84.1 Å². The molecule has 0 aliphatic rings. The van der Waals surface area contributed by atoms with E-state index < -0.39 is 22.5 Å². The number of carbonyl (C=O) groups is 1. The number of nitrogens with zero attached hydrogens (tertiary/aromatic N) is 1. The van der Waals surface area contributed by atoms with Gasteiger partial charge in [-0.2, -0.15) is 0 Å². The molecule has 0 aliphatic carbocycles. The highest BCUT2D eigenvalue weighted by atomic mass is 127. The van der Waals surface area contributed by atoms with Gasteiger partial charge in [0.05, 0.1) is 10.6 Å². The Kier molecular flexibility index (Phi) is 7.28. The highest BCUT2D eigenvalue weighted by molar-refractivity contribution is 14.1. The number of hydrogen-bond acceptors (Lipinski definition) is 3. The lowest BCUT2D eigenvalue weighted by Gasteiger charge is -2.24. The van der Waals surface area contributed by atoms with Crippen LogP contribution in [0, 0.1) is 10.5 Å². The fourth-order valence-corrected chi connectivity index (χ4v) is 4.98. The topological polar surface area (TPSA) is 66.5 Å². The van der Waals surface area contributed by atoms with Gasteiger partial charge >= 0.3 is 0 Å². The smallest absolute Gasteiger partial charge is 0.264 e. The van der Waals surface area contributed by atoms with Crippen molar-refractivity contribution in [3.05, 3.63) is 85.9 Å². The number of hydrogen-bond donors (Lipinski definition) is 1. The molecule has 0 saturated carbocycles. The summed E-state index contributed by atoms with van der Waals surface area (Å²) in [5, 5.41) is 3.24. The molecule has 0 bridgehead atoms. The van der Waals surface area contributed by atoms with E-state index in [9.17, 15) is 13.2 Å². The molecule has 30 heavy (non-hydrogen) atoms.